The fraction of sp³-hybridized carbons (Fsp3) is 0.333. The van der Waals surface area contributed by atoms with Crippen molar-refractivity contribution in [2.24, 2.45) is 0 Å². The third-order valence-electron chi connectivity index (χ3n) is 2.95. The van der Waals surface area contributed by atoms with E-state index in [9.17, 15) is 9.90 Å². The number of aromatic nitrogens is 1. The number of carbonyl (C=O) groups is 1. The van der Waals surface area contributed by atoms with E-state index < -0.39 is 5.97 Å². The highest BCUT2D eigenvalue weighted by Crippen LogP contribution is 2.20. The Bertz CT molecular complexity index is 619. The van der Waals surface area contributed by atoms with Crippen molar-refractivity contribution in [1.82, 2.24) is 4.98 Å². The molecule has 21 heavy (non-hydrogen) atoms. The Morgan fingerprint density at radius 3 is 2.86 bits per heavy atom. The minimum absolute atomic E-state index is 0.217. The molecule has 0 fully saturated rings. The van der Waals surface area contributed by atoms with Gasteiger partial charge in [-0.1, -0.05) is 18.2 Å². The Morgan fingerprint density at radius 1 is 1.29 bits per heavy atom. The van der Waals surface area contributed by atoms with Crippen molar-refractivity contribution in [2.75, 3.05) is 30.0 Å². The predicted molar refractivity (Wildman–Crippen MR) is 86.2 cm³/mol. The Kier molecular flexibility index (Phi) is 5.83. The molecular formula is C15H18N2O3S. The van der Waals surface area contributed by atoms with Gasteiger partial charge >= 0.3 is 5.97 Å². The van der Waals surface area contributed by atoms with Gasteiger partial charge in [0.2, 0.25) is 0 Å². The molecule has 0 bridgehead atoms. The molecule has 0 saturated heterocycles. The lowest BCUT2D eigenvalue weighted by Gasteiger charge is -2.09. The zero-order chi connectivity index (χ0) is 15.1. The van der Waals surface area contributed by atoms with E-state index in [0.717, 1.165) is 17.9 Å². The number of carboxylic acids is 1. The van der Waals surface area contributed by atoms with Crippen molar-refractivity contribution >= 4 is 34.5 Å². The summed E-state index contributed by atoms with van der Waals surface area (Å²) in [7, 11) is 0. The number of nitrogens with zero attached hydrogens (tertiary/aromatic N) is 1. The molecule has 0 aliphatic rings. The minimum atomic E-state index is -0.950. The highest BCUT2D eigenvalue weighted by atomic mass is 32.2. The van der Waals surface area contributed by atoms with Gasteiger partial charge in [0.1, 0.15) is 5.82 Å². The molecule has 0 amide bonds. The lowest BCUT2D eigenvalue weighted by Crippen LogP contribution is -2.08. The lowest BCUT2D eigenvalue weighted by atomic mass is 10.1. The van der Waals surface area contributed by atoms with Crippen molar-refractivity contribution in [3.05, 3.63) is 35.9 Å². The van der Waals surface area contributed by atoms with Gasteiger partial charge in [-0.2, -0.15) is 11.8 Å². The summed E-state index contributed by atoms with van der Waals surface area (Å²) < 4.78 is 0. The van der Waals surface area contributed by atoms with E-state index in [1.807, 2.05) is 12.1 Å². The van der Waals surface area contributed by atoms with Crippen LogP contribution in [-0.4, -0.2) is 45.8 Å². The van der Waals surface area contributed by atoms with Crippen LogP contribution >= 0.6 is 11.8 Å². The summed E-state index contributed by atoms with van der Waals surface area (Å²) in [5.41, 5.74) is 0.934. The fourth-order valence-electron chi connectivity index (χ4n) is 1.96. The van der Waals surface area contributed by atoms with Gasteiger partial charge < -0.3 is 15.5 Å². The monoisotopic (exact) mass is 306 g/mol. The summed E-state index contributed by atoms with van der Waals surface area (Å²) in [6.45, 7) is 0.926. The van der Waals surface area contributed by atoms with Crippen molar-refractivity contribution in [3.8, 4) is 0 Å². The first-order valence-electron chi connectivity index (χ1n) is 6.78. The molecule has 112 valence electrons. The van der Waals surface area contributed by atoms with Crippen LogP contribution in [0.15, 0.2) is 30.3 Å². The van der Waals surface area contributed by atoms with Crippen LogP contribution in [0.25, 0.3) is 10.9 Å². The Balaban J connectivity index is 2.05. The number of aromatic carboxylic acids is 1. The number of hydrogen-bond acceptors (Lipinski definition) is 5. The largest absolute Gasteiger partial charge is 0.478 e. The lowest BCUT2D eigenvalue weighted by molar-refractivity contribution is 0.0699. The second-order valence-electron chi connectivity index (χ2n) is 4.49. The molecule has 0 aliphatic carbocycles. The van der Waals surface area contributed by atoms with Gasteiger partial charge in [-0.25, -0.2) is 9.78 Å². The molecule has 5 nitrogen and oxygen atoms in total. The normalized spacial score (nSPS) is 10.7. The van der Waals surface area contributed by atoms with Crippen LogP contribution in [0.1, 0.15) is 16.8 Å². The van der Waals surface area contributed by atoms with Crippen LogP contribution in [0.5, 0.6) is 0 Å². The second kappa shape index (κ2) is 7.85. The van der Waals surface area contributed by atoms with Gasteiger partial charge in [0, 0.05) is 24.3 Å². The molecule has 6 heteroatoms. The number of fused-ring (bicyclic) bond motifs is 1. The van der Waals surface area contributed by atoms with Crippen molar-refractivity contribution in [1.29, 1.82) is 0 Å². The summed E-state index contributed by atoms with van der Waals surface area (Å²) >= 11 is 1.74. The highest BCUT2D eigenvalue weighted by molar-refractivity contribution is 7.99. The molecule has 1 aromatic heterocycles. The third kappa shape index (κ3) is 4.34. The third-order valence-corrected chi connectivity index (χ3v) is 4.02. The summed E-state index contributed by atoms with van der Waals surface area (Å²) in [6, 6.07) is 8.79. The number of hydrogen-bond donors (Lipinski definition) is 3. The number of nitrogens with one attached hydrogen (secondary N) is 1. The molecule has 1 heterocycles. The average Bonchev–Trinajstić information content (AvgIpc) is 2.49. The number of para-hydroxylation sites is 1. The SMILES string of the molecule is O=C(O)c1cc(NCCSCCCO)nc2ccccc12. The van der Waals surface area contributed by atoms with E-state index >= 15 is 0 Å². The topological polar surface area (TPSA) is 82.5 Å². The van der Waals surface area contributed by atoms with Crippen LogP contribution < -0.4 is 5.32 Å². The van der Waals surface area contributed by atoms with Gasteiger partial charge in [0.15, 0.2) is 0 Å². The number of aliphatic hydroxyl groups excluding tert-OH is 1. The van der Waals surface area contributed by atoms with E-state index in [2.05, 4.69) is 10.3 Å². The molecule has 2 aromatic rings. The molecule has 0 spiro atoms. The second-order valence-corrected chi connectivity index (χ2v) is 5.72. The predicted octanol–water partition coefficient (Wildman–Crippen LogP) is 2.46. The van der Waals surface area contributed by atoms with Gasteiger partial charge in [-0.05, 0) is 24.3 Å². The molecule has 0 atom stereocenters. The van der Waals surface area contributed by atoms with Gasteiger partial charge in [-0.3, -0.25) is 0 Å². The smallest absolute Gasteiger partial charge is 0.336 e. The quantitative estimate of drug-likeness (QED) is 0.650. The summed E-state index contributed by atoms with van der Waals surface area (Å²) in [4.78, 5) is 15.8. The number of anilines is 1. The molecule has 2 rings (SSSR count). The number of pyridine rings is 1. The van der Waals surface area contributed by atoms with E-state index in [-0.39, 0.29) is 12.2 Å². The number of carboxylic acid groups (broad SMARTS) is 1. The van der Waals surface area contributed by atoms with Gasteiger partial charge in [0.25, 0.3) is 0 Å². The maximum absolute atomic E-state index is 11.3. The van der Waals surface area contributed by atoms with E-state index in [1.54, 1.807) is 30.0 Å². The van der Waals surface area contributed by atoms with Crippen LogP contribution in [0.3, 0.4) is 0 Å². The molecule has 0 radical (unpaired) electrons. The highest BCUT2D eigenvalue weighted by Gasteiger charge is 2.11. The van der Waals surface area contributed by atoms with Crippen molar-refractivity contribution < 1.29 is 15.0 Å². The Hall–Kier alpha value is -1.79. The van der Waals surface area contributed by atoms with E-state index in [4.69, 9.17) is 5.11 Å². The average molecular weight is 306 g/mol. The standard InChI is InChI=1S/C15H18N2O3S/c18-7-3-8-21-9-6-16-14-10-12(15(19)20)11-4-1-2-5-13(11)17-14/h1-2,4-5,10,18H,3,6-9H2,(H,16,17)(H,19,20). The number of aliphatic hydroxyl groups is 1. The zero-order valence-electron chi connectivity index (χ0n) is 11.6. The summed E-state index contributed by atoms with van der Waals surface area (Å²) in [6.07, 6.45) is 0.794. The first-order chi connectivity index (χ1) is 10.2. The number of thioether (sulfide) groups is 1. The molecule has 0 saturated carbocycles. The number of benzene rings is 1. The summed E-state index contributed by atoms with van der Waals surface area (Å²) in [5, 5.41) is 21.8. The Morgan fingerprint density at radius 2 is 2.10 bits per heavy atom. The molecule has 0 aliphatic heterocycles. The van der Waals surface area contributed by atoms with E-state index in [1.165, 1.54) is 0 Å². The van der Waals surface area contributed by atoms with Crippen LogP contribution in [0.2, 0.25) is 0 Å². The van der Waals surface area contributed by atoms with Crippen LogP contribution in [0, 0.1) is 0 Å². The maximum Gasteiger partial charge on any atom is 0.336 e. The molecule has 3 N–H and O–H groups in total. The Labute approximate surface area is 127 Å². The maximum atomic E-state index is 11.3. The van der Waals surface area contributed by atoms with Gasteiger partial charge in [0.05, 0.1) is 11.1 Å². The van der Waals surface area contributed by atoms with Crippen molar-refractivity contribution in [3.63, 3.8) is 0 Å². The zero-order valence-corrected chi connectivity index (χ0v) is 12.4. The first-order valence-corrected chi connectivity index (χ1v) is 7.93. The van der Waals surface area contributed by atoms with Gasteiger partial charge in [-0.15, -0.1) is 0 Å². The molecule has 0 unspecified atom stereocenters. The van der Waals surface area contributed by atoms with Crippen LogP contribution in [0.4, 0.5) is 5.82 Å². The van der Waals surface area contributed by atoms with E-state index in [0.29, 0.717) is 23.3 Å². The fourth-order valence-corrected chi connectivity index (χ4v) is 2.75. The van der Waals surface area contributed by atoms with Crippen LogP contribution in [-0.2, 0) is 0 Å². The minimum Gasteiger partial charge on any atom is -0.478 e. The molecule has 1 aromatic carbocycles. The molecular weight excluding hydrogens is 288 g/mol. The summed E-state index contributed by atoms with van der Waals surface area (Å²) in [5.74, 6) is 1.43. The first kappa shape index (κ1) is 15.6. The number of rotatable bonds is 8. The van der Waals surface area contributed by atoms with Crippen molar-refractivity contribution in [2.45, 2.75) is 6.42 Å².